The Morgan fingerprint density at radius 1 is 0.290 bits per heavy atom. The molecule has 0 rings (SSSR count). The van der Waals surface area contributed by atoms with Crippen LogP contribution >= 0.6 is 15.6 Å². The van der Waals surface area contributed by atoms with Crippen LogP contribution < -0.4 is 0 Å². The van der Waals surface area contributed by atoms with Gasteiger partial charge in [-0.15, -0.1) is 0 Å². The minimum absolute atomic E-state index is 0.106. The Balaban J connectivity index is 5.26. The summed E-state index contributed by atoms with van der Waals surface area (Å²) in [6, 6.07) is 0. The molecule has 100 heavy (non-hydrogen) atoms. The molecule has 0 aliphatic carbocycles. The number of aliphatic hydroxyl groups is 1. The molecule has 0 radical (unpaired) electrons. The Morgan fingerprint density at radius 3 is 0.760 bits per heavy atom. The maximum Gasteiger partial charge on any atom is 0.472 e. The van der Waals surface area contributed by atoms with E-state index >= 15 is 0 Å². The van der Waals surface area contributed by atoms with E-state index in [4.69, 9.17) is 37.0 Å². The second-order valence-corrected chi connectivity index (χ2v) is 32.8. The Bertz CT molecular complexity index is 1930. The second-order valence-electron chi connectivity index (χ2n) is 29.9. The molecule has 594 valence electrons. The van der Waals surface area contributed by atoms with Crippen LogP contribution in [-0.4, -0.2) is 96.7 Å². The Kier molecular flexibility index (Phi) is 71.2. The van der Waals surface area contributed by atoms with Crippen LogP contribution in [0.15, 0.2) is 0 Å². The van der Waals surface area contributed by atoms with Gasteiger partial charge >= 0.3 is 39.5 Å². The molecule has 0 saturated heterocycles. The summed E-state index contributed by atoms with van der Waals surface area (Å²) < 4.78 is 68.8. The van der Waals surface area contributed by atoms with Crippen molar-refractivity contribution >= 4 is 39.5 Å². The molecule has 0 spiro atoms. The van der Waals surface area contributed by atoms with Gasteiger partial charge in [-0.1, -0.05) is 375 Å². The van der Waals surface area contributed by atoms with Crippen LogP contribution in [0.5, 0.6) is 0 Å². The van der Waals surface area contributed by atoms with Crippen LogP contribution in [0.3, 0.4) is 0 Å². The fourth-order valence-corrected chi connectivity index (χ4v) is 14.1. The highest BCUT2D eigenvalue weighted by molar-refractivity contribution is 7.47. The normalized spacial score (nSPS) is 14.2. The van der Waals surface area contributed by atoms with E-state index in [1.54, 1.807) is 0 Å². The van der Waals surface area contributed by atoms with E-state index in [1.807, 2.05) is 0 Å². The number of esters is 4. The molecule has 19 heteroatoms. The number of carbonyl (C=O) groups is 4. The molecular formula is C81H158O17P2. The first-order chi connectivity index (χ1) is 48.4. The maximum absolute atomic E-state index is 13.1. The van der Waals surface area contributed by atoms with E-state index in [-0.39, 0.29) is 25.7 Å². The van der Waals surface area contributed by atoms with Gasteiger partial charge in [0.05, 0.1) is 26.4 Å². The minimum atomic E-state index is -4.96. The topological polar surface area (TPSA) is 237 Å². The summed E-state index contributed by atoms with van der Waals surface area (Å²) in [5.74, 6) is -0.565. The molecule has 3 N–H and O–H groups in total. The molecular weight excluding hydrogens is 1310 g/mol. The minimum Gasteiger partial charge on any atom is -0.462 e. The maximum atomic E-state index is 13.1. The van der Waals surface area contributed by atoms with Gasteiger partial charge in [0.25, 0.3) is 0 Å². The SMILES string of the molecule is CCCCCCCCCCCCCCCCCCCCCC(=O)O[C@H](COC(=O)CCCCCCCCCCCCCCCCC)COP(=O)(O)OC[C@@H](O)COP(=O)(O)OC[C@@H](COC(=O)CCCCCCCCCCC(C)CC)OC(=O)CCCCCCCCCCCCCC(C)C. The first kappa shape index (κ1) is 98.1. The van der Waals surface area contributed by atoms with Crippen LogP contribution in [0.2, 0.25) is 0 Å². The fraction of sp³-hybridized carbons (Fsp3) is 0.951. The van der Waals surface area contributed by atoms with E-state index in [1.165, 1.54) is 244 Å². The predicted molar refractivity (Wildman–Crippen MR) is 409 cm³/mol. The largest absolute Gasteiger partial charge is 0.472 e. The molecule has 0 aliphatic rings. The van der Waals surface area contributed by atoms with Crippen LogP contribution in [0, 0.1) is 11.8 Å². The van der Waals surface area contributed by atoms with Gasteiger partial charge in [-0.25, -0.2) is 9.13 Å². The predicted octanol–water partition coefficient (Wildman–Crippen LogP) is 24.3. The molecule has 17 nitrogen and oxygen atoms in total. The molecule has 0 aromatic rings. The van der Waals surface area contributed by atoms with Crippen LogP contribution in [0.25, 0.3) is 0 Å². The van der Waals surface area contributed by atoms with Crippen molar-refractivity contribution in [3.8, 4) is 0 Å². The van der Waals surface area contributed by atoms with Crippen molar-refractivity contribution in [2.24, 2.45) is 11.8 Å². The first-order valence-electron chi connectivity index (χ1n) is 42.0. The molecule has 0 fully saturated rings. The number of rotatable bonds is 80. The molecule has 0 aromatic carbocycles. The van der Waals surface area contributed by atoms with Crippen molar-refractivity contribution in [3.63, 3.8) is 0 Å². The number of unbranched alkanes of at least 4 members (excludes halogenated alkanes) is 49. The smallest absolute Gasteiger partial charge is 0.462 e. The summed E-state index contributed by atoms with van der Waals surface area (Å²) in [6.07, 6.45) is 62.3. The second kappa shape index (κ2) is 72.6. The average molecular weight is 1470 g/mol. The van der Waals surface area contributed by atoms with Gasteiger partial charge in [0.15, 0.2) is 12.2 Å². The lowest BCUT2D eigenvalue weighted by Gasteiger charge is -2.21. The van der Waals surface area contributed by atoms with Crippen molar-refractivity contribution in [2.75, 3.05) is 39.6 Å². The number of hydrogen-bond donors (Lipinski definition) is 3. The van der Waals surface area contributed by atoms with Gasteiger partial charge in [-0.05, 0) is 37.5 Å². The highest BCUT2D eigenvalue weighted by Crippen LogP contribution is 2.45. The zero-order chi connectivity index (χ0) is 73.5. The lowest BCUT2D eigenvalue weighted by molar-refractivity contribution is -0.161. The van der Waals surface area contributed by atoms with Crippen molar-refractivity contribution in [1.29, 1.82) is 0 Å². The quantitative estimate of drug-likeness (QED) is 0.0222. The monoisotopic (exact) mass is 1470 g/mol. The molecule has 0 bridgehead atoms. The van der Waals surface area contributed by atoms with E-state index in [0.717, 1.165) is 102 Å². The number of phosphoric acid groups is 2. The summed E-state index contributed by atoms with van der Waals surface area (Å²) in [5, 5.41) is 10.6. The van der Waals surface area contributed by atoms with Gasteiger partial charge in [-0.2, -0.15) is 0 Å². The number of aliphatic hydroxyl groups excluding tert-OH is 1. The zero-order valence-corrected chi connectivity index (χ0v) is 67.3. The van der Waals surface area contributed by atoms with Crippen molar-refractivity contribution in [1.82, 2.24) is 0 Å². The van der Waals surface area contributed by atoms with E-state index in [2.05, 4.69) is 41.5 Å². The van der Waals surface area contributed by atoms with E-state index in [0.29, 0.717) is 25.7 Å². The van der Waals surface area contributed by atoms with Crippen molar-refractivity contribution in [3.05, 3.63) is 0 Å². The Labute approximate surface area is 613 Å². The number of ether oxygens (including phenoxy) is 4. The Morgan fingerprint density at radius 2 is 0.510 bits per heavy atom. The van der Waals surface area contributed by atoms with Crippen molar-refractivity contribution in [2.45, 2.75) is 445 Å². The van der Waals surface area contributed by atoms with E-state index < -0.39 is 97.5 Å². The van der Waals surface area contributed by atoms with E-state index in [9.17, 15) is 43.2 Å². The first-order valence-corrected chi connectivity index (χ1v) is 45.0. The van der Waals surface area contributed by atoms with Gasteiger partial charge < -0.3 is 33.8 Å². The highest BCUT2D eigenvalue weighted by atomic mass is 31.2. The van der Waals surface area contributed by atoms with Crippen LogP contribution in [0.4, 0.5) is 0 Å². The summed E-state index contributed by atoms with van der Waals surface area (Å²) in [7, 11) is -9.92. The van der Waals surface area contributed by atoms with Crippen LogP contribution in [-0.2, 0) is 65.4 Å². The molecule has 0 amide bonds. The third-order valence-corrected chi connectivity index (χ3v) is 21.2. The molecule has 6 atom stereocenters. The molecule has 0 aromatic heterocycles. The molecule has 0 saturated carbocycles. The fourth-order valence-electron chi connectivity index (χ4n) is 12.5. The molecule has 0 aliphatic heterocycles. The summed E-state index contributed by atoms with van der Waals surface area (Å²) >= 11 is 0. The average Bonchev–Trinajstić information content (AvgIpc) is 0.921. The molecule has 0 heterocycles. The number of phosphoric ester groups is 2. The lowest BCUT2D eigenvalue weighted by Crippen LogP contribution is -2.30. The third kappa shape index (κ3) is 73.0. The highest BCUT2D eigenvalue weighted by Gasteiger charge is 2.30. The van der Waals surface area contributed by atoms with Crippen molar-refractivity contribution < 1.29 is 80.2 Å². The van der Waals surface area contributed by atoms with Gasteiger partial charge in [0, 0.05) is 25.7 Å². The van der Waals surface area contributed by atoms with Gasteiger partial charge in [-0.3, -0.25) is 37.3 Å². The third-order valence-electron chi connectivity index (χ3n) is 19.3. The number of carbonyl (C=O) groups excluding carboxylic acids is 4. The summed E-state index contributed by atoms with van der Waals surface area (Å²) in [6.45, 7) is 9.64. The standard InChI is InChI=1S/C81H158O17P2/c1-7-10-12-14-16-18-20-22-24-25-26-27-29-31-35-39-47-53-59-65-80(85)97-76(69-91-78(83)63-57-51-45-38-34-30-28-23-21-19-17-15-13-11-8-2)71-95-99(87,88)93-67-75(82)68-94-100(89,90)96-72-77(70-92-79(84)64-58-52-46-42-41-44-50-56-62-74(6)9-3)98-81(86)66-60-54-48-40-36-32-33-37-43-49-55-61-73(4)5/h73-77,82H,7-72H2,1-6H3,(H,87,88)(H,89,90)/t74?,75-,76-,77-/m1/s1. The van der Waals surface area contributed by atoms with Gasteiger partial charge in [0.1, 0.15) is 19.3 Å². The number of hydrogen-bond acceptors (Lipinski definition) is 15. The summed E-state index contributed by atoms with van der Waals surface area (Å²) in [5.41, 5.74) is 0. The van der Waals surface area contributed by atoms with Gasteiger partial charge in [0.2, 0.25) is 0 Å². The molecule has 3 unspecified atom stereocenters. The Hall–Kier alpha value is -1.94. The summed E-state index contributed by atoms with van der Waals surface area (Å²) in [4.78, 5) is 73.1. The lowest BCUT2D eigenvalue weighted by atomic mass is 9.99. The van der Waals surface area contributed by atoms with Crippen LogP contribution in [0.1, 0.15) is 427 Å². The zero-order valence-electron chi connectivity index (χ0n) is 65.5.